The molecule has 0 aromatic heterocycles. The van der Waals surface area contributed by atoms with E-state index in [9.17, 15) is 9.59 Å². The molecule has 0 unspecified atom stereocenters. The van der Waals surface area contributed by atoms with Gasteiger partial charge in [-0.3, -0.25) is 4.79 Å². The van der Waals surface area contributed by atoms with Gasteiger partial charge in [-0.2, -0.15) is 0 Å². The zero-order valence-corrected chi connectivity index (χ0v) is 12.3. The van der Waals surface area contributed by atoms with Crippen LogP contribution in [0.25, 0.3) is 0 Å². The van der Waals surface area contributed by atoms with Gasteiger partial charge in [0.15, 0.2) is 0 Å². The molecule has 4 heteroatoms. The van der Waals surface area contributed by atoms with Gasteiger partial charge in [-0.25, -0.2) is 4.79 Å². The molecule has 0 bridgehead atoms. The summed E-state index contributed by atoms with van der Waals surface area (Å²) in [5.41, 5.74) is 2.05. The van der Waals surface area contributed by atoms with Gasteiger partial charge >= 0.3 is 5.97 Å². The first-order valence-corrected chi connectivity index (χ1v) is 7.24. The van der Waals surface area contributed by atoms with Crippen LogP contribution in [0.1, 0.15) is 28.3 Å². The van der Waals surface area contributed by atoms with Crippen molar-refractivity contribution in [3.05, 3.63) is 65.7 Å². The van der Waals surface area contributed by atoms with Crippen molar-refractivity contribution in [1.82, 2.24) is 0 Å². The van der Waals surface area contributed by atoms with Crippen molar-refractivity contribution in [3.63, 3.8) is 0 Å². The van der Waals surface area contributed by atoms with Gasteiger partial charge in [-0.15, -0.1) is 0 Å². The SMILES string of the molecule is COC(=O)c1ccccc1NC(=O)[C@H]1C[C@H]1c1ccccc1. The number of esters is 1. The second-order valence-electron chi connectivity index (χ2n) is 5.39. The highest BCUT2D eigenvalue weighted by atomic mass is 16.5. The van der Waals surface area contributed by atoms with E-state index >= 15 is 0 Å². The number of anilines is 1. The molecule has 22 heavy (non-hydrogen) atoms. The average Bonchev–Trinajstić information content (AvgIpc) is 3.36. The minimum absolute atomic E-state index is 0.0342. The van der Waals surface area contributed by atoms with Crippen LogP contribution in [0.15, 0.2) is 54.6 Å². The Kier molecular flexibility index (Phi) is 3.92. The van der Waals surface area contributed by atoms with Crippen molar-refractivity contribution in [2.75, 3.05) is 12.4 Å². The van der Waals surface area contributed by atoms with Gasteiger partial charge in [0.05, 0.1) is 18.4 Å². The number of nitrogens with one attached hydrogen (secondary N) is 1. The first kappa shape index (κ1) is 14.3. The zero-order chi connectivity index (χ0) is 15.5. The number of para-hydroxylation sites is 1. The maximum Gasteiger partial charge on any atom is 0.339 e. The van der Waals surface area contributed by atoms with E-state index in [4.69, 9.17) is 4.74 Å². The van der Waals surface area contributed by atoms with Gasteiger partial charge in [-0.1, -0.05) is 42.5 Å². The van der Waals surface area contributed by atoms with Crippen LogP contribution in [0.3, 0.4) is 0 Å². The Morgan fingerprint density at radius 1 is 1.05 bits per heavy atom. The van der Waals surface area contributed by atoms with Crippen LogP contribution in [0, 0.1) is 5.92 Å². The van der Waals surface area contributed by atoms with Crippen molar-refractivity contribution in [3.8, 4) is 0 Å². The summed E-state index contributed by atoms with van der Waals surface area (Å²) >= 11 is 0. The smallest absolute Gasteiger partial charge is 0.339 e. The van der Waals surface area contributed by atoms with E-state index in [1.165, 1.54) is 12.7 Å². The van der Waals surface area contributed by atoms with Crippen LogP contribution in [0.5, 0.6) is 0 Å². The van der Waals surface area contributed by atoms with E-state index < -0.39 is 5.97 Å². The van der Waals surface area contributed by atoms with E-state index in [0.717, 1.165) is 6.42 Å². The molecular weight excluding hydrogens is 278 g/mol. The van der Waals surface area contributed by atoms with Gasteiger partial charge < -0.3 is 10.1 Å². The predicted molar refractivity (Wildman–Crippen MR) is 83.7 cm³/mol. The van der Waals surface area contributed by atoms with E-state index in [1.54, 1.807) is 24.3 Å². The van der Waals surface area contributed by atoms with Gasteiger partial charge in [0.1, 0.15) is 0 Å². The summed E-state index contributed by atoms with van der Waals surface area (Å²) in [5.74, 6) is -0.267. The van der Waals surface area contributed by atoms with Gasteiger partial charge in [0.25, 0.3) is 0 Å². The Morgan fingerprint density at radius 2 is 1.73 bits per heavy atom. The molecule has 1 aliphatic rings. The first-order chi connectivity index (χ1) is 10.7. The number of amides is 1. The Hall–Kier alpha value is -2.62. The Bertz CT molecular complexity index is 696. The number of carbonyl (C=O) groups excluding carboxylic acids is 2. The zero-order valence-electron chi connectivity index (χ0n) is 12.3. The molecule has 3 rings (SSSR count). The third-order valence-corrected chi connectivity index (χ3v) is 3.95. The molecule has 0 spiro atoms. The normalized spacial score (nSPS) is 19.3. The Balaban J connectivity index is 1.70. The molecule has 1 amide bonds. The van der Waals surface area contributed by atoms with Crippen LogP contribution < -0.4 is 5.32 Å². The van der Waals surface area contributed by atoms with Crippen LogP contribution in [0.4, 0.5) is 5.69 Å². The number of methoxy groups -OCH3 is 1. The molecule has 0 heterocycles. The van der Waals surface area contributed by atoms with Gasteiger partial charge in [0.2, 0.25) is 5.91 Å². The highest BCUT2D eigenvalue weighted by molar-refractivity contribution is 6.02. The molecule has 0 aliphatic heterocycles. The Morgan fingerprint density at radius 3 is 2.45 bits per heavy atom. The predicted octanol–water partition coefficient (Wildman–Crippen LogP) is 3.22. The minimum atomic E-state index is -0.452. The van der Waals surface area contributed by atoms with Gasteiger partial charge in [-0.05, 0) is 30.0 Å². The van der Waals surface area contributed by atoms with E-state index in [2.05, 4.69) is 5.32 Å². The molecule has 1 aliphatic carbocycles. The van der Waals surface area contributed by atoms with Crippen molar-refractivity contribution in [1.29, 1.82) is 0 Å². The molecule has 4 nitrogen and oxygen atoms in total. The molecule has 1 fully saturated rings. The number of carbonyl (C=O) groups is 2. The second kappa shape index (κ2) is 6.02. The summed E-state index contributed by atoms with van der Waals surface area (Å²) in [4.78, 5) is 24.1. The summed E-state index contributed by atoms with van der Waals surface area (Å²) in [6, 6.07) is 16.9. The van der Waals surface area contributed by atoms with Crippen LogP contribution in [-0.4, -0.2) is 19.0 Å². The number of hydrogen-bond acceptors (Lipinski definition) is 3. The molecule has 2 aromatic rings. The highest BCUT2D eigenvalue weighted by Gasteiger charge is 2.44. The van der Waals surface area contributed by atoms with Crippen molar-refractivity contribution in [2.24, 2.45) is 5.92 Å². The van der Waals surface area contributed by atoms with Crippen molar-refractivity contribution in [2.45, 2.75) is 12.3 Å². The second-order valence-corrected chi connectivity index (χ2v) is 5.39. The van der Waals surface area contributed by atoms with Crippen LogP contribution >= 0.6 is 0 Å². The average molecular weight is 295 g/mol. The third-order valence-electron chi connectivity index (χ3n) is 3.95. The lowest BCUT2D eigenvalue weighted by atomic mass is 10.1. The standard InChI is InChI=1S/C18H17NO3/c1-22-18(21)13-9-5-6-10-16(13)19-17(20)15-11-14(15)12-7-3-2-4-8-12/h2-10,14-15H,11H2,1H3,(H,19,20)/t14-,15-/m0/s1. The number of benzene rings is 2. The fraction of sp³-hybridized carbons (Fsp3) is 0.222. The van der Waals surface area contributed by atoms with Crippen molar-refractivity contribution < 1.29 is 14.3 Å². The fourth-order valence-corrected chi connectivity index (χ4v) is 2.66. The number of rotatable bonds is 4. The minimum Gasteiger partial charge on any atom is -0.465 e. The molecule has 2 aromatic carbocycles. The quantitative estimate of drug-likeness (QED) is 0.881. The molecule has 1 saturated carbocycles. The first-order valence-electron chi connectivity index (χ1n) is 7.24. The van der Waals surface area contributed by atoms with E-state index in [0.29, 0.717) is 11.3 Å². The summed E-state index contributed by atoms with van der Waals surface area (Å²) in [7, 11) is 1.33. The topological polar surface area (TPSA) is 55.4 Å². The number of ether oxygens (including phenoxy) is 1. The highest BCUT2D eigenvalue weighted by Crippen LogP contribution is 2.47. The lowest BCUT2D eigenvalue weighted by Gasteiger charge is -2.09. The van der Waals surface area contributed by atoms with E-state index in [-0.39, 0.29) is 17.7 Å². The van der Waals surface area contributed by atoms with Crippen LogP contribution in [-0.2, 0) is 9.53 Å². The maximum absolute atomic E-state index is 12.4. The lowest BCUT2D eigenvalue weighted by molar-refractivity contribution is -0.117. The Labute approximate surface area is 129 Å². The van der Waals surface area contributed by atoms with Crippen LogP contribution in [0.2, 0.25) is 0 Å². The van der Waals surface area contributed by atoms with E-state index in [1.807, 2.05) is 30.3 Å². The lowest BCUT2D eigenvalue weighted by Crippen LogP contribution is -2.17. The maximum atomic E-state index is 12.4. The molecule has 0 saturated heterocycles. The summed E-state index contributed by atoms with van der Waals surface area (Å²) < 4.78 is 4.73. The summed E-state index contributed by atoms with van der Waals surface area (Å²) in [6.07, 6.45) is 0.843. The molecular formula is C18H17NO3. The summed E-state index contributed by atoms with van der Waals surface area (Å²) in [6.45, 7) is 0. The fourth-order valence-electron chi connectivity index (χ4n) is 2.66. The molecule has 112 valence electrons. The number of hydrogen-bond donors (Lipinski definition) is 1. The van der Waals surface area contributed by atoms with Crippen molar-refractivity contribution >= 4 is 17.6 Å². The molecule has 2 atom stereocenters. The molecule has 0 radical (unpaired) electrons. The molecule has 1 N–H and O–H groups in total. The summed E-state index contributed by atoms with van der Waals surface area (Å²) in [5, 5.41) is 2.85. The third kappa shape index (κ3) is 2.86. The monoisotopic (exact) mass is 295 g/mol. The largest absolute Gasteiger partial charge is 0.465 e. The van der Waals surface area contributed by atoms with Gasteiger partial charge in [0, 0.05) is 5.92 Å².